The Morgan fingerprint density at radius 1 is 1.42 bits per heavy atom. The Morgan fingerprint density at radius 3 is 2.42 bits per heavy atom. The number of carboxylic acids is 1. The second kappa shape index (κ2) is 5.33. The van der Waals surface area contributed by atoms with Crippen molar-refractivity contribution in [2.24, 2.45) is 0 Å². The number of aliphatic carboxylic acids is 1. The molecule has 1 aromatic rings. The second-order valence-corrected chi connectivity index (χ2v) is 3.23. The fourth-order valence-electron chi connectivity index (χ4n) is 1.17. The topological polar surface area (TPSA) is 59.4 Å². The minimum atomic E-state index is -5.30. The molecular formula is C9H5F6NO3. The number of rotatable bonds is 4. The van der Waals surface area contributed by atoms with Gasteiger partial charge < -0.3 is 9.84 Å². The Balaban J connectivity index is 3.27. The lowest BCUT2D eigenvalue weighted by Crippen LogP contribution is -2.19. The Bertz CT molecular complexity index is 488. The van der Waals surface area contributed by atoms with E-state index >= 15 is 0 Å². The Morgan fingerprint density at radius 2 is 2.00 bits per heavy atom. The summed E-state index contributed by atoms with van der Waals surface area (Å²) in [6.45, 7) is 0. The van der Waals surface area contributed by atoms with E-state index in [4.69, 9.17) is 5.11 Å². The van der Waals surface area contributed by atoms with Crippen molar-refractivity contribution in [2.45, 2.75) is 19.2 Å². The van der Waals surface area contributed by atoms with Crippen molar-refractivity contribution in [3.63, 3.8) is 0 Å². The summed E-state index contributed by atoms with van der Waals surface area (Å²) in [5.74, 6) is -5.06. The first-order chi connectivity index (χ1) is 8.60. The molecule has 0 atom stereocenters. The van der Waals surface area contributed by atoms with Gasteiger partial charge in [-0.3, -0.25) is 4.79 Å². The van der Waals surface area contributed by atoms with E-state index in [0.717, 1.165) is 0 Å². The molecule has 1 rings (SSSR count). The summed E-state index contributed by atoms with van der Waals surface area (Å²) in [4.78, 5) is 13.3. The standard InChI is InChI=1S/C9H5F6NO3/c10-6-4(19-9(13,14)15)1-3(2-5(17)18)16-7(6)8(11)12/h1,8H,2H2,(H,17,18). The van der Waals surface area contributed by atoms with Crippen LogP contribution in [-0.4, -0.2) is 22.4 Å². The number of ether oxygens (including phenoxy) is 1. The molecule has 0 spiro atoms. The summed E-state index contributed by atoms with van der Waals surface area (Å²) in [5.41, 5.74) is -2.28. The van der Waals surface area contributed by atoms with Crippen molar-refractivity contribution in [1.82, 2.24) is 4.98 Å². The normalized spacial score (nSPS) is 11.7. The molecule has 0 saturated carbocycles. The van der Waals surface area contributed by atoms with Crippen molar-refractivity contribution in [3.8, 4) is 5.75 Å². The van der Waals surface area contributed by atoms with E-state index in [1.807, 2.05) is 0 Å². The van der Waals surface area contributed by atoms with Gasteiger partial charge in [0.15, 0.2) is 11.6 Å². The van der Waals surface area contributed by atoms with E-state index in [2.05, 4.69) is 9.72 Å². The van der Waals surface area contributed by atoms with E-state index in [-0.39, 0.29) is 0 Å². The van der Waals surface area contributed by atoms with Gasteiger partial charge in [0.25, 0.3) is 6.43 Å². The molecule has 4 nitrogen and oxygen atoms in total. The third-order valence-electron chi connectivity index (χ3n) is 1.77. The first-order valence-electron chi connectivity index (χ1n) is 4.55. The van der Waals surface area contributed by atoms with Crippen LogP contribution in [0.4, 0.5) is 26.3 Å². The highest BCUT2D eigenvalue weighted by molar-refractivity contribution is 5.69. The van der Waals surface area contributed by atoms with Crippen LogP contribution in [0.2, 0.25) is 0 Å². The summed E-state index contributed by atoms with van der Waals surface area (Å²) in [6, 6.07) is 0.308. The summed E-state index contributed by atoms with van der Waals surface area (Å²) >= 11 is 0. The number of nitrogens with zero attached hydrogens (tertiary/aromatic N) is 1. The summed E-state index contributed by atoms with van der Waals surface area (Å²) in [5, 5.41) is 8.40. The Kier molecular flexibility index (Phi) is 4.22. The largest absolute Gasteiger partial charge is 0.573 e. The molecule has 106 valence electrons. The molecule has 1 aromatic heterocycles. The number of carbonyl (C=O) groups is 1. The van der Waals surface area contributed by atoms with Gasteiger partial charge in [0.05, 0.1) is 12.1 Å². The van der Waals surface area contributed by atoms with Crippen LogP contribution in [-0.2, 0) is 11.2 Å². The van der Waals surface area contributed by atoms with Gasteiger partial charge in [-0.15, -0.1) is 13.2 Å². The lowest BCUT2D eigenvalue weighted by molar-refractivity contribution is -0.275. The zero-order valence-corrected chi connectivity index (χ0v) is 8.84. The Hall–Kier alpha value is -2.00. The minimum absolute atomic E-state index is 0.308. The summed E-state index contributed by atoms with van der Waals surface area (Å²) in [7, 11) is 0. The van der Waals surface area contributed by atoms with Gasteiger partial charge in [-0.2, -0.15) is 0 Å². The number of alkyl halides is 5. The Labute approximate surface area is 101 Å². The molecule has 0 aliphatic heterocycles. The number of hydrogen-bond acceptors (Lipinski definition) is 3. The minimum Gasteiger partial charge on any atom is -0.481 e. The van der Waals surface area contributed by atoms with Gasteiger partial charge >= 0.3 is 12.3 Å². The molecule has 0 fully saturated rings. The average Bonchev–Trinajstić information content (AvgIpc) is 2.19. The van der Waals surface area contributed by atoms with Crippen molar-refractivity contribution in [3.05, 3.63) is 23.3 Å². The molecule has 0 bridgehead atoms. The molecular weight excluding hydrogens is 284 g/mol. The number of carboxylic acid groups (broad SMARTS) is 1. The molecule has 0 aromatic carbocycles. The molecule has 1 N–H and O–H groups in total. The van der Waals surface area contributed by atoms with Crippen LogP contribution in [0, 0.1) is 5.82 Å². The maximum Gasteiger partial charge on any atom is 0.573 e. The van der Waals surface area contributed by atoms with Crippen LogP contribution >= 0.6 is 0 Å². The van der Waals surface area contributed by atoms with Crippen LogP contribution in [0.5, 0.6) is 5.75 Å². The second-order valence-electron chi connectivity index (χ2n) is 3.23. The molecule has 1 heterocycles. The van der Waals surface area contributed by atoms with Crippen LogP contribution in [0.15, 0.2) is 6.07 Å². The summed E-state index contributed by atoms with van der Waals surface area (Å²) < 4.78 is 77.0. The molecule has 19 heavy (non-hydrogen) atoms. The fourth-order valence-corrected chi connectivity index (χ4v) is 1.17. The van der Waals surface area contributed by atoms with Gasteiger partial charge in [0.2, 0.25) is 0 Å². The molecule has 0 saturated heterocycles. The van der Waals surface area contributed by atoms with Crippen LogP contribution < -0.4 is 4.74 Å². The average molecular weight is 289 g/mol. The molecule has 10 heteroatoms. The van der Waals surface area contributed by atoms with E-state index in [1.54, 1.807) is 0 Å². The van der Waals surface area contributed by atoms with Crippen LogP contribution in [0.25, 0.3) is 0 Å². The van der Waals surface area contributed by atoms with E-state index in [1.165, 1.54) is 0 Å². The molecule has 0 unspecified atom stereocenters. The maximum absolute atomic E-state index is 13.3. The first kappa shape index (κ1) is 15.1. The molecule has 0 aliphatic carbocycles. The maximum atomic E-state index is 13.3. The van der Waals surface area contributed by atoms with Gasteiger partial charge in [0.1, 0.15) is 5.69 Å². The van der Waals surface area contributed by atoms with Crippen molar-refractivity contribution in [1.29, 1.82) is 0 Å². The lowest BCUT2D eigenvalue weighted by Gasteiger charge is -2.12. The number of aromatic nitrogens is 1. The highest BCUT2D eigenvalue weighted by Crippen LogP contribution is 2.31. The number of hydrogen-bond donors (Lipinski definition) is 1. The van der Waals surface area contributed by atoms with Crippen LogP contribution in [0.1, 0.15) is 17.8 Å². The van der Waals surface area contributed by atoms with Gasteiger partial charge in [-0.05, 0) is 0 Å². The van der Waals surface area contributed by atoms with E-state index < -0.39 is 48.1 Å². The van der Waals surface area contributed by atoms with Gasteiger partial charge in [-0.1, -0.05) is 0 Å². The highest BCUT2D eigenvalue weighted by atomic mass is 19.4. The monoisotopic (exact) mass is 289 g/mol. The zero-order valence-electron chi connectivity index (χ0n) is 8.84. The zero-order chi connectivity index (χ0) is 14.8. The quantitative estimate of drug-likeness (QED) is 0.866. The predicted octanol–water partition coefficient (Wildman–Crippen LogP) is 2.68. The number of pyridine rings is 1. The van der Waals surface area contributed by atoms with Gasteiger partial charge in [0, 0.05) is 6.07 Å². The van der Waals surface area contributed by atoms with Gasteiger partial charge in [-0.25, -0.2) is 18.2 Å². The predicted molar refractivity (Wildman–Crippen MR) is 47.2 cm³/mol. The third-order valence-corrected chi connectivity index (χ3v) is 1.77. The molecule has 0 radical (unpaired) electrons. The van der Waals surface area contributed by atoms with Crippen molar-refractivity contribution >= 4 is 5.97 Å². The van der Waals surface area contributed by atoms with Crippen molar-refractivity contribution in [2.75, 3.05) is 0 Å². The molecule has 0 amide bonds. The third kappa shape index (κ3) is 4.30. The first-order valence-corrected chi connectivity index (χ1v) is 4.55. The highest BCUT2D eigenvalue weighted by Gasteiger charge is 2.34. The van der Waals surface area contributed by atoms with Crippen molar-refractivity contribution < 1.29 is 41.0 Å². The van der Waals surface area contributed by atoms with E-state index in [0.29, 0.717) is 6.07 Å². The molecule has 0 aliphatic rings. The van der Waals surface area contributed by atoms with Crippen LogP contribution in [0.3, 0.4) is 0 Å². The van der Waals surface area contributed by atoms with E-state index in [9.17, 15) is 31.1 Å². The fraction of sp³-hybridized carbons (Fsp3) is 0.333. The lowest BCUT2D eigenvalue weighted by atomic mass is 10.2. The summed E-state index contributed by atoms with van der Waals surface area (Å²) in [6.07, 6.45) is -9.76. The number of halogens is 6. The smallest absolute Gasteiger partial charge is 0.481 e. The SMILES string of the molecule is O=C(O)Cc1cc(OC(F)(F)F)c(F)c(C(F)F)n1.